The average molecular weight is 271 g/mol. The van der Waals surface area contributed by atoms with E-state index < -0.39 is 0 Å². The Hall–Kier alpha value is -1.62. The van der Waals surface area contributed by atoms with E-state index in [-0.39, 0.29) is 5.78 Å². The Morgan fingerprint density at radius 2 is 2.00 bits per heavy atom. The molecule has 3 nitrogen and oxygen atoms in total. The first-order valence-corrected chi connectivity index (χ1v) is 6.73. The van der Waals surface area contributed by atoms with Gasteiger partial charge in [-0.1, -0.05) is 0 Å². The van der Waals surface area contributed by atoms with Crippen LogP contribution in [0.2, 0.25) is 0 Å². The van der Waals surface area contributed by atoms with Crippen LogP contribution in [0.4, 0.5) is 0 Å². The summed E-state index contributed by atoms with van der Waals surface area (Å²) in [5, 5.41) is 0. The number of Topliss-reactive ketones (excluding diaryl/α,β-unsaturated/α-hetero) is 1. The number of aromatic nitrogens is 1. The van der Waals surface area contributed by atoms with E-state index >= 15 is 0 Å². The van der Waals surface area contributed by atoms with E-state index in [2.05, 4.69) is 4.98 Å². The Kier molecular flexibility index (Phi) is 3.76. The zero-order valence-corrected chi connectivity index (χ0v) is 12.2. The summed E-state index contributed by atoms with van der Waals surface area (Å²) in [6.07, 6.45) is 0. The van der Waals surface area contributed by atoms with E-state index in [0.717, 1.165) is 10.4 Å². The molecule has 0 N–H and O–H groups in total. The SMILES string of the molecule is [B]c1ccc(Oc2c(C(C)=O)sc(C)c2C)c(C)n1. The summed E-state index contributed by atoms with van der Waals surface area (Å²) in [5.41, 5.74) is 2.15. The first-order chi connectivity index (χ1) is 8.90. The lowest BCUT2D eigenvalue weighted by atomic mass is 10.0. The molecular weight excluding hydrogens is 257 g/mol. The van der Waals surface area contributed by atoms with E-state index in [1.54, 1.807) is 19.1 Å². The molecule has 0 aliphatic rings. The molecular formula is C14H14BNO2S. The number of carbonyl (C=O) groups excluding carboxylic acids is 1. The lowest BCUT2D eigenvalue weighted by Gasteiger charge is -2.10. The molecule has 19 heavy (non-hydrogen) atoms. The van der Waals surface area contributed by atoms with Gasteiger partial charge in [0.25, 0.3) is 0 Å². The van der Waals surface area contributed by atoms with Crippen LogP contribution in [0.1, 0.15) is 32.7 Å². The van der Waals surface area contributed by atoms with E-state index in [1.165, 1.54) is 11.3 Å². The zero-order valence-electron chi connectivity index (χ0n) is 11.4. The lowest BCUT2D eigenvalue weighted by molar-refractivity contribution is 0.101. The average Bonchev–Trinajstić information content (AvgIpc) is 2.61. The summed E-state index contributed by atoms with van der Waals surface area (Å²) in [6, 6.07) is 3.46. The standard InChI is InChI=1S/C14H14BNO2S/c1-7-10(4)19-14(9(3)17)13(7)18-11-5-6-12(15)16-8(11)2/h5-6H,1-4H3. The van der Waals surface area contributed by atoms with Gasteiger partial charge in [-0.2, -0.15) is 0 Å². The van der Waals surface area contributed by atoms with Gasteiger partial charge in [0.2, 0.25) is 0 Å². The number of carbonyl (C=O) groups is 1. The topological polar surface area (TPSA) is 39.2 Å². The highest BCUT2D eigenvalue weighted by molar-refractivity contribution is 7.14. The fourth-order valence-corrected chi connectivity index (χ4v) is 2.73. The van der Waals surface area contributed by atoms with Gasteiger partial charge in [0.1, 0.15) is 18.5 Å². The minimum absolute atomic E-state index is 0.0113. The predicted octanol–water partition coefficient (Wildman–Crippen LogP) is 2.86. The summed E-state index contributed by atoms with van der Waals surface area (Å²) < 4.78 is 5.88. The Balaban J connectivity index is 2.46. The molecule has 0 aromatic carbocycles. The highest BCUT2D eigenvalue weighted by Crippen LogP contribution is 2.38. The van der Waals surface area contributed by atoms with Gasteiger partial charge in [-0.3, -0.25) is 9.78 Å². The quantitative estimate of drug-likeness (QED) is 0.636. The third-order valence-electron chi connectivity index (χ3n) is 2.92. The number of pyridine rings is 1. The van der Waals surface area contributed by atoms with Crippen molar-refractivity contribution in [2.45, 2.75) is 27.7 Å². The first-order valence-electron chi connectivity index (χ1n) is 5.92. The third kappa shape index (κ3) is 2.71. The molecule has 0 fully saturated rings. The fraction of sp³-hybridized carbons (Fsp3) is 0.286. The largest absolute Gasteiger partial charge is 0.454 e. The number of rotatable bonds is 3. The molecule has 96 valence electrons. The molecule has 2 aromatic rings. The third-order valence-corrected chi connectivity index (χ3v) is 4.21. The summed E-state index contributed by atoms with van der Waals surface area (Å²) in [6.45, 7) is 7.31. The fourth-order valence-electron chi connectivity index (χ4n) is 1.75. The molecule has 2 rings (SSSR count). The number of hydrogen-bond acceptors (Lipinski definition) is 4. The first kappa shape index (κ1) is 13.8. The van der Waals surface area contributed by atoms with Crippen molar-refractivity contribution in [3.05, 3.63) is 33.1 Å². The summed E-state index contributed by atoms with van der Waals surface area (Å²) in [4.78, 5) is 17.5. The van der Waals surface area contributed by atoms with Crippen LogP contribution >= 0.6 is 11.3 Å². The smallest absolute Gasteiger partial charge is 0.173 e. The van der Waals surface area contributed by atoms with Gasteiger partial charge in [0, 0.05) is 17.4 Å². The number of nitrogens with zero attached hydrogens (tertiary/aromatic N) is 1. The summed E-state index contributed by atoms with van der Waals surface area (Å²) in [7, 11) is 5.61. The van der Waals surface area contributed by atoms with Crippen LogP contribution in [0, 0.1) is 20.8 Å². The summed E-state index contributed by atoms with van der Waals surface area (Å²) in [5.74, 6) is 1.26. The van der Waals surface area contributed by atoms with Crippen LogP contribution < -0.4 is 10.3 Å². The van der Waals surface area contributed by atoms with Crippen molar-refractivity contribution in [2.24, 2.45) is 0 Å². The van der Waals surface area contributed by atoms with Crippen molar-refractivity contribution in [1.29, 1.82) is 0 Å². The van der Waals surface area contributed by atoms with Gasteiger partial charge in [-0.25, -0.2) is 0 Å². The Labute approximate surface area is 118 Å². The van der Waals surface area contributed by atoms with Crippen LogP contribution in [-0.4, -0.2) is 18.6 Å². The van der Waals surface area contributed by atoms with E-state index in [4.69, 9.17) is 12.6 Å². The Morgan fingerprint density at radius 3 is 2.58 bits per heavy atom. The van der Waals surface area contributed by atoms with Crippen molar-refractivity contribution >= 4 is 30.6 Å². The van der Waals surface area contributed by atoms with E-state index in [9.17, 15) is 4.79 Å². The molecule has 0 bridgehead atoms. The molecule has 0 atom stereocenters. The van der Waals surface area contributed by atoms with Gasteiger partial charge < -0.3 is 4.74 Å². The maximum Gasteiger partial charge on any atom is 0.173 e. The molecule has 0 aliphatic heterocycles. The molecule has 0 spiro atoms. The lowest BCUT2D eigenvalue weighted by Crippen LogP contribution is -2.09. The number of ether oxygens (including phenoxy) is 1. The van der Waals surface area contributed by atoms with Crippen LogP contribution in [0.5, 0.6) is 11.5 Å². The van der Waals surface area contributed by atoms with Gasteiger partial charge in [-0.05, 0) is 38.5 Å². The molecule has 2 aromatic heterocycles. The molecule has 2 heterocycles. The van der Waals surface area contributed by atoms with Crippen molar-refractivity contribution in [3.8, 4) is 11.5 Å². The number of hydrogen-bond donors (Lipinski definition) is 0. The second kappa shape index (κ2) is 5.17. The minimum Gasteiger partial charge on any atom is -0.454 e. The van der Waals surface area contributed by atoms with E-state index in [0.29, 0.717) is 27.7 Å². The van der Waals surface area contributed by atoms with Gasteiger partial charge >= 0.3 is 0 Å². The number of aryl methyl sites for hydroxylation is 2. The van der Waals surface area contributed by atoms with Gasteiger partial charge in [0.15, 0.2) is 11.5 Å². The molecule has 0 aliphatic carbocycles. The van der Waals surface area contributed by atoms with Crippen molar-refractivity contribution in [3.63, 3.8) is 0 Å². The van der Waals surface area contributed by atoms with Crippen LogP contribution in [-0.2, 0) is 0 Å². The minimum atomic E-state index is 0.0113. The molecule has 0 saturated heterocycles. The van der Waals surface area contributed by atoms with Crippen LogP contribution in [0.15, 0.2) is 12.1 Å². The molecule has 0 saturated carbocycles. The maximum absolute atomic E-state index is 11.7. The predicted molar refractivity (Wildman–Crippen MR) is 78.2 cm³/mol. The van der Waals surface area contributed by atoms with Gasteiger partial charge in [-0.15, -0.1) is 11.3 Å². The second-order valence-corrected chi connectivity index (χ2v) is 5.64. The second-order valence-electron chi connectivity index (χ2n) is 4.42. The van der Waals surface area contributed by atoms with E-state index in [1.807, 2.05) is 20.8 Å². The highest BCUT2D eigenvalue weighted by atomic mass is 32.1. The van der Waals surface area contributed by atoms with Crippen molar-refractivity contribution in [1.82, 2.24) is 4.98 Å². The molecule has 0 unspecified atom stereocenters. The van der Waals surface area contributed by atoms with Crippen LogP contribution in [0.25, 0.3) is 0 Å². The Morgan fingerprint density at radius 1 is 1.32 bits per heavy atom. The van der Waals surface area contributed by atoms with Gasteiger partial charge in [0.05, 0.1) is 5.69 Å². The zero-order chi connectivity index (χ0) is 14.2. The van der Waals surface area contributed by atoms with Crippen LogP contribution in [0.3, 0.4) is 0 Å². The van der Waals surface area contributed by atoms with Crippen molar-refractivity contribution in [2.75, 3.05) is 0 Å². The summed E-state index contributed by atoms with van der Waals surface area (Å²) >= 11 is 1.46. The molecule has 0 amide bonds. The Bertz CT molecular complexity index is 649. The molecule has 2 radical (unpaired) electrons. The van der Waals surface area contributed by atoms with Crippen molar-refractivity contribution < 1.29 is 9.53 Å². The number of ketones is 1. The maximum atomic E-state index is 11.7. The highest BCUT2D eigenvalue weighted by Gasteiger charge is 2.18. The normalized spacial score (nSPS) is 10.5. The monoisotopic (exact) mass is 271 g/mol. The molecule has 5 heteroatoms. The number of thiophene rings is 1.